The second-order valence-electron chi connectivity index (χ2n) is 18.3. The van der Waals surface area contributed by atoms with Crippen molar-refractivity contribution in [3.05, 3.63) is 84.2 Å². The van der Waals surface area contributed by atoms with E-state index < -0.39 is 20.0 Å². The second kappa shape index (κ2) is 19.7. The fraction of sp³-hybridized carbons (Fsp3) is 0.435. The van der Waals surface area contributed by atoms with E-state index in [-0.39, 0.29) is 5.92 Å². The van der Waals surface area contributed by atoms with Gasteiger partial charge in [-0.2, -0.15) is 10.2 Å². The molecule has 69 heavy (non-hydrogen) atoms. The molecule has 9 heterocycles. The van der Waals surface area contributed by atoms with Gasteiger partial charge in [0, 0.05) is 90.7 Å². The number of nitrogens with zero attached hydrogens (tertiary/aromatic N) is 12. The van der Waals surface area contributed by atoms with Crippen LogP contribution in [0.15, 0.2) is 70.1 Å². The van der Waals surface area contributed by atoms with Crippen molar-refractivity contribution in [2.45, 2.75) is 79.6 Å². The Bertz CT molecular complexity index is 3350. The van der Waals surface area contributed by atoms with Crippen molar-refractivity contribution in [2.75, 3.05) is 51.9 Å². The van der Waals surface area contributed by atoms with Crippen molar-refractivity contribution in [1.29, 1.82) is 0 Å². The lowest BCUT2D eigenvalue weighted by atomic mass is 9.96. The van der Waals surface area contributed by atoms with Crippen LogP contribution in [-0.4, -0.2) is 115 Å². The highest BCUT2D eigenvalue weighted by Gasteiger charge is 2.27. The Hall–Kier alpha value is -5.56. The number of aryl methyl sites for hydroxylation is 5. The maximum absolute atomic E-state index is 12.7. The molecule has 0 bridgehead atoms. The minimum atomic E-state index is -3.52. The summed E-state index contributed by atoms with van der Waals surface area (Å²) in [6.45, 7) is 5.51. The highest BCUT2D eigenvalue weighted by Crippen LogP contribution is 2.38. The van der Waals surface area contributed by atoms with Gasteiger partial charge in [0.25, 0.3) is 20.0 Å². The predicted octanol–water partition coefficient (Wildman–Crippen LogP) is 7.58. The van der Waals surface area contributed by atoms with Crippen LogP contribution in [-0.2, 0) is 40.6 Å². The zero-order valence-electron chi connectivity index (χ0n) is 40.1. The van der Waals surface area contributed by atoms with Gasteiger partial charge in [0.15, 0.2) is 22.9 Å². The lowest BCUT2D eigenvalue weighted by molar-refractivity contribution is 0.454. The van der Waals surface area contributed by atoms with Crippen molar-refractivity contribution in [1.82, 2.24) is 62.2 Å². The zero-order chi connectivity index (χ0) is 48.8. The van der Waals surface area contributed by atoms with E-state index in [2.05, 4.69) is 52.9 Å². The Morgan fingerprint density at radius 2 is 1.25 bits per heavy atom. The normalized spacial score (nSPS) is 15.7. The first-order valence-corrected chi connectivity index (χ1v) is 27.5. The van der Waals surface area contributed by atoms with Gasteiger partial charge in [0.05, 0.1) is 57.6 Å². The van der Waals surface area contributed by atoms with E-state index in [9.17, 15) is 16.8 Å². The standard InChI is InChI=1S/C24H31N7O2S2.C22H28N8O2S2/c1-16-11-21(34-24(16)35(32,33)29(2)3)28-22-23-25-13-20(18-12-26-30(4)14-18)31(23)15-19(27-22)8-6-5-7-17-9-10-17;1-14-8-19(33-22(14)34(31,32)28(2)3)27-20-21-24-11-18(16-10-25-29(4)12-16)30(21)13-17(26-20)15-6-5-7-23-9-15/h11-15,17H,5-10H2,1-4H3,(H,27,28);8,10-13,15,23H,5-7,9H2,1-4H3,(H,26,27). The summed E-state index contributed by atoms with van der Waals surface area (Å²) in [7, 11) is 2.92. The molecule has 366 valence electrons. The summed E-state index contributed by atoms with van der Waals surface area (Å²) < 4.78 is 61.6. The molecular weight excluding hydrogens is 955 g/mol. The molecule has 0 radical (unpaired) electrons. The summed E-state index contributed by atoms with van der Waals surface area (Å²) in [6, 6.07) is 3.70. The minimum Gasteiger partial charge on any atom is -0.329 e. The molecule has 1 aliphatic heterocycles. The second-order valence-corrected chi connectivity index (χ2v) is 25.1. The molecule has 1 saturated carbocycles. The minimum absolute atomic E-state index is 0.289. The first kappa shape index (κ1) is 48.5. The Kier molecular flexibility index (Phi) is 13.8. The summed E-state index contributed by atoms with van der Waals surface area (Å²) in [4.78, 5) is 19.2. The van der Waals surface area contributed by atoms with E-state index in [0.29, 0.717) is 52.5 Å². The van der Waals surface area contributed by atoms with Gasteiger partial charge in [-0.1, -0.05) is 25.7 Å². The number of hydrogen-bond acceptors (Lipinski definition) is 15. The van der Waals surface area contributed by atoms with E-state index in [4.69, 9.17) is 9.97 Å². The molecule has 1 saturated heterocycles. The predicted molar refractivity (Wildman–Crippen MR) is 272 cm³/mol. The fourth-order valence-corrected chi connectivity index (χ4v) is 13.9. The number of rotatable bonds is 16. The number of unbranched alkanes of at least 4 members (excludes halogenated alkanes) is 1. The number of thiophene rings is 2. The lowest BCUT2D eigenvalue weighted by Crippen LogP contribution is -2.29. The van der Waals surface area contributed by atoms with Gasteiger partial charge in [-0.15, -0.1) is 22.7 Å². The molecule has 1 aliphatic carbocycles. The summed E-state index contributed by atoms with van der Waals surface area (Å²) in [5.41, 5.74) is 8.53. The molecule has 0 spiro atoms. The number of hydrogen-bond donors (Lipinski definition) is 3. The number of anilines is 4. The molecule has 2 fully saturated rings. The van der Waals surface area contributed by atoms with E-state index in [1.807, 2.05) is 74.7 Å². The third-order valence-electron chi connectivity index (χ3n) is 12.4. The molecule has 0 amide bonds. The molecule has 1 unspecified atom stereocenters. The van der Waals surface area contributed by atoms with Crippen LogP contribution in [0.25, 0.3) is 33.8 Å². The molecule has 1 atom stereocenters. The van der Waals surface area contributed by atoms with Crippen LogP contribution in [0.4, 0.5) is 21.6 Å². The van der Waals surface area contributed by atoms with Crippen molar-refractivity contribution in [3.8, 4) is 22.5 Å². The van der Waals surface area contributed by atoms with Crippen molar-refractivity contribution in [3.63, 3.8) is 0 Å². The van der Waals surface area contributed by atoms with Crippen molar-refractivity contribution >= 4 is 75.7 Å². The van der Waals surface area contributed by atoms with E-state index in [1.165, 1.54) is 57.0 Å². The van der Waals surface area contributed by atoms with Gasteiger partial charge in [0.2, 0.25) is 0 Å². The van der Waals surface area contributed by atoms with Gasteiger partial charge in [-0.25, -0.2) is 45.4 Å². The monoisotopic (exact) mass is 1010 g/mol. The average Bonchev–Trinajstić information content (AvgIpc) is 3.92. The zero-order valence-corrected chi connectivity index (χ0v) is 43.4. The number of sulfonamides is 2. The molecule has 3 N–H and O–H groups in total. The summed E-state index contributed by atoms with van der Waals surface area (Å²) in [6.07, 6.45) is 24.8. The molecule has 0 aromatic carbocycles. The Morgan fingerprint density at radius 3 is 1.72 bits per heavy atom. The third kappa shape index (κ3) is 10.4. The largest absolute Gasteiger partial charge is 0.329 e. The number of piperidine rings is 1. The van der Waals surface area contributed by atoms with Crippen LogP contribution in [0.5, 0.6) is 0 Å². The molecular formula is C46H59N15O4S4. The van der Waals surface area contributed by atoms with Gasteiger partial charge in [-0.05, 0) is 75.3 Å². The summed E-state index contributed by atoms with van der Waals surface area (Å²) in [5, 5.41) is 20.2. The van der Waals surface area contributed by atoms with Crippen LogP contribution < -0.4 is 16.0 Å². The highest BCUT2D eigenvalue weighted by molar-refractivity contribution is 7.91. The van der Waals surface area contributed by atoms with Crippen LogP contribution in [0.2, 0.25) is 0 Å². The van der Waals surface area contributed by atoms with Gasteiger partial charge in [-0.3, -0.25) is 18.2 Å². The number of nitrogens with one attached hydrogen (secondary N) is 3. The van der Waals surface area contributed by atoms with Crippen LogP contribution >= 0.6 is 22.7 Å². The summed E-state index contributed by atoms with van der Waals surface area (Å²) >= 11 is 2.41. The Balaban J connectivity index is 0.000000172. The van der Waals surface area contributed by atoms with Crippen LogP contribution in [0.1, 0.15) is 73.4 Å². The Labute approximate surface area is 410 Å². The Morgan fingerprint density at radius 1 is 0.710 bits per heavy atom. The molecule has 10 rings (SSSR count). The molecule has 2 aliphatic rings. The maximum Gasteiger partial charge on any atom is 0.252 e. The maximum atomic E-state index is 12.7. The van der Waals surface area contributed by atoms with Gasteiger partial charge < -0.3 is 16.0 Å². The van der Waals surface area contributed by atoms with Gasteiger partial charge >= 0.3 is 0 Å². The number of aromatic nitrogens is 10. The van der Waals surface area contributed by atoms with E-state index in [1.54, 1.807) is 44.5 Å². The molecule has 19 nitrogen and oxygen atoms in total. The van der Waals surface area contributed by atoms with Gasteiger partial charge in [0.1, 0.15) is 8.42 Å². The van der Waals surface area contributed by atoms with E-state index in [0.717, 1.165) is 78.6 Å². The molecule has 8 aromatic rings. The lowest BCUT2D eigenvalue weighted by Gasteiger charge is -2.23. The van der Waals surface area contributed by atoms with Crippen molar-refractivity contribution < 1.29 is 16.8 Å². The van der Waals surface area contributed by atoms with Crippen LogP contribution in [0, 0.1) is 19.8 Å². The smallest absolute Gasteiger partial charge is 0.252 e. The summed E-state index contributed by atoms with van der Waals surface area (Å²) in [5.74, 6) is 2.45. The average molecular weight is 1010 g/mol. The van der Waals surface area contributed by atoms with Crippen molar-refractivity contribution in [2.24, 2.45) is 20.0 Å². The quantitative estimate of drug-likeness (QED) is 0.0800. The third-order valence-corrected chi connectivity index (χ3v) is 19.6. The fourth-order valence-electron chi connectivity index (χ4n) is 8.45. The first-order chi connectivity index (χ1) is 33.0. The number of fused-ring (bicyclic) bond motifs is 2. The van der Waals surface area contributed by atoms with E-state index >= 15 is 0 Å². The SMILES string of the molecule is Cc1cc(Nc2nc(C3CCCNC3)cn3c(-c4cnn(C)c4)cnc23)sc1S(=O)(=O)N(C)C.Cc1cc(Nc2nc(CCCCC3CC3)cn3c(-c4cnn(C)c4)cnc23)sc1S(=O)(=O)N(C)C. The first-order valence-electron chi connectivity index (χ1n) is 23.0. The molecule has 8 aromatic heterocycles. The highest BCUT2D eigenvalue weighted by atomic mass is 32.3. The topological polar surface area (TPSA) is 207 Å². The molecule has 23 heteroatoms. The van der Waals surface area contributed by atoms with Crippen LogP contribution in [0.3, 0.4) is 0 Å². The number of imidazole rings is 2.